The fraction of sp³-hybridized carbons (Fsp3) is 0.884. The molecular formula is C43H75NO11. The summed E-state index contributed by atoms with van der Waals surface area (Å²) in [4.78, 5) is 57.9. The molecule has 2 aliphatic rings. The topological polar surface area (TPSA) is 167 Å². The molecule has 0 amide bonds. The van der Waals surface area contributed by atoms with Crippen molar-refractivity contribution in [3.63, 3.8) is 0 Å². The molecule has 318 valence electrons. The van der Waals surface area contributed by atoms with Crippen LogP contribution in [0.25, 0.3) is 0 Å². The lowest BCUT2D eigenvalue weighted by molar-refractivity contribution is -0.171. The summed E-state index contributed by atoms with van der Waals surface area (Å²) in [5, 5.41) is 26.0. The van der Waals surface area contributed by atoms with E-state index in [-0.39, 0.29) is 79.1 Å². The van der Waals surface area contributed by atoms with Crippen molar-refractivity contribution in [2.24, 2.45) is 46.6 Å². The Balaban J connectivity index is 2.42. The molecule has 55 heavy (non-hydrogen) atoms. The second-order valence-electron chi connectivity index (χ2n) is 17.8. The van der Waals surface area contributed by atoms with Gasteiger partial charge >= 0.3 is 17.9 Å². The molecule has 5 unspecified atom stereocenters. The number of hydrogen-bond donors (Lipinski definition) is 2. The van der Waals surface area contributed by atoms with Crippen LogP contribution in [0.4, 0.5) is 0 Å². The number of esters is 3. The van der Waals surface area contributed by atoms with Gasteiger partial charge in [0.2, 0.25) is 0 Å². The van der Waals surface area contributed by atoms with Crippen LogP contribution < -0.4 is 0 Å². The smallest absolute Gasteiger partial charge is 0.308 e. The highest BCUT2D eigenvalue weighted by Crippen LogP contribution is 2.38. The monoisotopic (exact) mass is 782 g/mol. The van der Waals surface area contributed by atoms with Gasteiger partial charge in [-0.2, -0.15) is 0 Å². The Morgan fingerprint density at radius 3 is 2.20 bits per heavy atom. The van der Waals surface area contributed by atoms with Crippen molar-refractivity contribution in [1.29, 1.82) is 0 Å². The van der Waals surface area contributed by atoms with Crippen molar-refractivity contribution in [2.45, 2.75) is 195 Å². The molecule has 2 saturated heterocycles. The van der Waals surface area contributed by atoms with Crippen molar-refractivity contribution in [1.82, 2.24) is 0 Å². The van der Waals surface area contributed by atoms with Gasteiger partial charge in [-0.15, -0.1) is 0 Å². The number of ketones is 1. The number of cyclic esters (lactones) is 1. The Bertz CT molecular complexity index is 1250. The number of aliphatic hydroxyl groups excluding tert-OH is 1. The molecule has 13 atom stereocenters. The van der Waals surface area contributed by atoms with E-state index >= 15 is 0 Å². The number of carbonyl (C=O) groups is 4. The molecule has 2 fully saturated rings. The maximum atomic E-state index is 14.3. The summed E-state index contributed by atoms with van der Waals surface area (Å²) in [7, 11) is 1.49. The van der Waals surface area contributed by atoms with Crippen LogP contribution in [-0.4, -0.2) is 89.0 Å². The van der Waals surface area contributed by atoms with Crippen LogP contribution in [0.5, 0.6) is 0 Å². The highest BCUT2D eigenvalue weighted by Gasteiger charge is 2.44. The van der Waals surface area contributed by atoms with Crippen LogP contribution in [0, 0.1) is 41.4 Å². The molecule has 12 nitrogen and oxygen atoms in total. The summed E-state index contributed by atoms with van der Waals surface area (Å²) in [5.41, 5.74) is -0.929. The normalized spacial score (nSPS) is 34.3. The Hall–Kier alpha value is -2.57. The van der Waals surface area contributed by atoms with Gasteiger partial charge in [-0.05, 0) is 108 Å². The third-order valence-corrected chi connectivity index (χ3v) is 11.8. The summed E-state index contributed by atoms with van der Waals surface area (Å²) in [6.45, 7) is 20.2. The molecule has 0 radical (unpaired) electrons. The lowest BCUT2D eigenvalue weighted by Crippen LogP contribution is -2.47. The van der Waals surface area contributed by atoms with Gasteiger partial charge in [0, 0.05) is 26.2 Å². The summed E-state index contributed by atoms with van der Waals surface area (Å²) >= 11 is 0. The van der Waals surface area contributed by atoms with Crippen molar-refractivity contribution in [3.05, 3.63) is 0 Å². The maximum Gasteiger partial charge on any atom is 0.308 e. The number of hydrogen-bond acceptors (Lipinski definition) is 12. The second kappa shape index (κ2) is 23.0. The zero-order chi connectivity index (χ0) is 41.6. The van der Waals surface area contributed by atoms with E-state index < -0.39 is 47.5 Å². The summed E-state index contributed by atoms with van der Waals surface area (Å²) in [6, 6.07) is 0. The molecule has 2 rings (SSSR count). The van der Waals surface area contributed by atoms with Gasteiger partial charge in [-0.1, -0.05) is 53.6 Å². The summed E-state index contributed by atoms with van der Waals surface area (Å²) in [6.07, 6.45) is 3.62. The molecule has 2 aliphatic heterocycles. The lowest BCUT2D eigenvalue weighted by atomic mass is 9.71. The molecule has 0 aromatic carbocycles. The predicted octanol–water partition coefficient (Wildman–Crippen LogP) is 7.38. The first-order valence-electron chi connectivity index (χ1n) is 20.9. The number of Topliss-reactive ketones (excluding diaryl/α,β-unsaturated/α-hetero) is 1. The van der Waals surface area contributed by atoms with Gasteiger partial charge in [-0.25, -0.2) is 0 Å². The molecule has 0 saturated carbocycles. The number of aliphatic hydroxyl groups is 2. The van der Waals surface area contributed by atoms with Crippen molar-refractivity contribution < 1.29 is 53.2 Å². The minimum absolute atomic E-state index is 0.0375. The largest absolute Gasteiger partial charge is 0.462 e. The van der Waals surface area contributed by atoms with Crippen LogP contribution in [-0.2, 0) is 43.0 Å². The number of nitrogens with zero attached hydrogens (tertiary/aromatic N) is 1. The van der Waals surface area contributed by atoms with E-state index in [4.69, 9.17) is 23.8 Å². The van der Waals surface area contributed by atoms with Gasteiger partial charge in [0.15, 0.2) is 5.78 Å². The first kappa shape index (κ1) is 48.6. The molecule has 0 spiro atoms. The van der Waals surface area contributed by atoms with Crippen LogP contribution in [0.2, 0.25) is 0 Å². The molecule has 2 N–H and O–H groups in total. The third kappa shape index (κ3) is 16.4. The first-order valence-corrected chi connectivity index (χ1v) is 20.9. The van der Waals surface area contributed by atoms with Gasteiger partial charge in [0.05, 0.1) is 35.9 Å². The SMILES string of the molecule is CO/N=C(\CCC[C@@H]1[C@@H](C)CC(C)C(=O)OC([C@H](C)CC[C@H]2CC[C@H](OC(C)=O)C(C)O2)C[C@@H](OC(=O)CC(C)C)C(C)C(=O)[C@@](C)(O)C[C@@H]1C)CC(C)O. The molecule has 0 aromatic rings. The van der Waals surface area contributed by atoms with E-state index in [0.717, 1.165) is 25.0 Å². The Morgan fingerprint density at radius 1 is 0.945 bits per heavy atom. The minimum Gasteiger partial charge on any atom is -0.462 e. The van der Waals surface area contributed by atoms with Crippen LogP contribution >= 0.6 is 0 Å². The quantitative estimate of drug-likeness (QED) is 0.0737. The Labute approximate surface area is 331 Å². The van der Waals surface area contributed by atoms with E-state index in [0.29, 0.717) is 38.5 Å². The fourth-order valence-electron chi connectivity index (χ4n) is 8.75. The van der Waals surface area contributed by atoms with E-state index in [9.17, 15) is 29.4 Å². The van der Waals surface area contributed by atoms with Gasteiger partial charge in [-0.3, -0.25) is 19.2 Å². The van der Waals surface area contributed by atoms with Gasteiger partial charge in [0.25, 0.3) is 0 Å². The molecule has 0 bridgehead atoms. The zero-order valence-corrected chi connectivity index (χ0v) is 36.0. The van der Waals surface area contributed by atoms with Crippen molar-refractivity contribution in [2.75, 3.05) is 7.11 Å². The highest BCUT2D eigenvalue weighted by molar-refractivity contribution is 5.89. The molecule has 2 heterocycles. The van der Waals surface area contributed by atoms with Crippen LogP contribution in [0.15, 0.2) is 5.16 Å². The van der Waals surface area contributed by atoms with Crippen molar-refractivity contribution >= 4 is 29.4 Å². The fourth-order valence-corrected chi connectivity index (χ4v) is 8.75. The molecule has 0 aromatic heterocycles. The zero-order valence-electron chi connectivity index (χ0n) is 36.0. The number of oxime groups is 1. The Morgan fingerprint density at radius 2 is 1.62 bits per heavy atom. The average Bonchev–Trinajstić information content (AvgIpc) is 3.07. The van der Waals surface area contributed by atoms with E-state index in [1.165, 1.54) is 14.0 Å². The second-order valence-corrected chi connectivity index (χ2v) is 17.8. The van der Waals surface area contributed by atoms with Crippen LogP contribution in [0.3, 0.4) is 0 Å². The number of rotatable bonds is 15. The maximum absolute atomic E-state index is 14.3. The summed E-state index contributed by atoms with van der Waals surface area (Å²) < 4.78 is 24.1. The standard InChI is InChI=1S/C43H75NO11/c1-25(2)20-40(47)54-39-23-38(26(3)16-17-35-18-19-37(32(9)52-35)53-33(10)46)55-42(49)28(5)21-27(4)36(15-13-14-34(44-51-12)22-30(7)45)29(6)24-43(11,50)41(48)31(39)8/h25-32,35-39,45,50H,13-24H2,1-12H3/b44-34+/t26-,27+,28?,29+,30?,31?,32?,35+,36-,37+,38?,39-,43+/m1/s1. The first-order chi connectivity index (χ1) is 25.6. The molecular weight excluding hydrogens is 706 g/mol. The van der Waals surface area contributed by atoms with Gasteiger partial charge < -0.3 is 34.0 Å². The van der Waals surface area contributed by atoms with E-state index in [1.807, 2.05) is 41.5 Å². The van der Waals surface area contributed by atoms with E-state index in [1.54, 1.807) is 20.8 Å². The molecule has 12 heteroatoms. The summed E-state index contributed by atoms with van der Waals surface area (Å²) in [5.74, 6) is -2.90. The lowest BCUT2D eigenvalue weighted by Gasteiger charge is -2.38. The van der Waals surface area contributed by atoms with Gasteiger partial charge in [0.1, 0.15) is 31.0 Å². The average molecular weight is 782 g/mol. The van der Waals surface area contributed by atoms with Crippen molar-refractivity contribution in [3.8, 4) is 0 Å². The Kier molecular flexibility index (Phi) is 20.3. The molecule has 0 aliphatic carbocycles. The predicted molar refractivity (Wildman–Crippen MR) is 211 cm³/mol. The highest BCUT2D eigenvalue weighted by atomic mass is 16.6. The minimum atomic E-state index is -1.69. The number of ether oxygens (including phenoxy) is 4. The van der Waals surface area contributed by atoms with Crippen LogP contribution in [0.1, 0.15) is 153 Å². The van der Waals surface area contributed by atoms with E-state index in [2.05, 4.69) is 12.1 Å². The third-order valence-electron chi connectivity index (χ3n) is 11.8. The number of carbonyl (C=O) groups excluding carboxylic acids is 4.